The van der Waals surface area contributed by atoms with Gasteiger partial charge in [0.1, 0.15) is 11.6 Å². The van der Waals surface area contributed by atoms with Gasteiger partial charge in [0.05, 0.1) is 11.1 Å². The number of carboxylic acid groups (broad SMARTS) is 1. The molecule has 0 saturated heterocycles. The van der Waals surface area contributed by atoms with E-state index in [4.69, 9.17) is 5.11 Å². The van der Waals surface area contributed by atoms with Crippen molar-refractivity contribution in [1.82, 2.24) is 4.57 Å². The van der Waals surface area contributed by atoms with Crippen LogP contribution < -0.4 is 5.43 Å². The fourth-order valence-corrected chi connectivity index (χ4v) is 2.75. The van der Waals surface area contributed by atoms with E-state index in [0.717, 1.165) is 0 Å². The third kappa shape index (κ3) is 3.77. The molecule has 136 valence electrons. The Labute approximate surface area is 152 Å². The van der Waals surface area contributed by atoms with Gasteiger partial charge < -0.3 is 14.8 Å². The van der Waals surface area contributed by atoms with Crippen molar-refractivity contribution in [3.8, 4) is 0 Å². The number of carboxylic acids is 1. The van der Waals surface area contributed by atoms with Crippen molar-refractivity contribution >= 4 is 28.4 Å². The summed E-state index contributed by atoms with van der Waals surface area (Å²) in [6.07, 6.45) is 1.80. The molecule has 2 aromatic carbocycles. The van der Waals surface area contributed by atoms with Crippen LogP contribution in [0.15, 0.2) is 65.6 Å². The van der Waals surface area contributed by atoms with Crippen LogP contribution in [0.5, 0.6) is 0 Å². The first-order valence-electron chi connectivity index (χ1n) is 7.91. The number of halogens is 1. The van der Waals surface area contributed by atoms with Crippen molar-refractivity contribution in [1.29, 1.82) is 0 Å². The van der Waals surface area contributed by atoms with Gasteiger partial charge in [-0.2, -0.15) is 0 Å². The first-order chi connectivity index (χ1) is 12.9. The number of aliphatic carboxylic acids is 1. The Kier molecular flexibility index (Phi) is 4.85. The molecule has 1 aromatic heterocycles. The van der Waals surface area contributed by atoms with E-state index in [-0.39, 0.29) is 17.5 Å². The van der Waals surface area contributed by atoms with E-state index in [9.17, 15) is 23.9 Å². The summed E-state index contributed by atoms with van der Waals surface area (Å²) in [7, 11) is 0. The monoisotopic (exact) mass is 367 g/mol. The summed E-state index contributed by atoms with van der Waals surface area (Å²) in [5, 5.41) is 19.1. The van der Waals surface area contributed by atoms with Crippen molar-refractivity contribution in [2.24, 2.45) is 0 Å². The number of pyridine rings is 1. The molecule has 0 amide bonds. The number of ketones is 1. The SMILES string of the molecule is O=C(O)C(=O)/C=C(\O)c1cn(Cc2cccc(F)c2)c2ccccc2c1=O. The van der Waals surface area contributed by atoms with Crippen molar-refractivity contribution in [2.45, 2.75) is 6.54 Å². The molecule has 0 fully saturated rings. The molecule has 0 saturated carbocycles. The molecule has 27 heavy (non-hydrogen) atoms. The molecule has 3 aromatic rings. The fourth-order valence-electron chi connectivity index (χ4n) is 2.75. The summed E-state index contributed by atoms with van der Waals surface area (Å²) >= 11 is 0. The molecule has 7 heteroatoms. The molecule has 0 aliphatic rings. The van der Waals surface area contributed by atoms with Crippen molar-refractivity contribution in [3.63, 3.8) is 0 Å². The maximum atomic E-state index is 13.5. The summed E-state index contributed by atoms with van der Waals surface area (Å²) in [6.45, 7) is 0.200. The Hall–Kier alpha value is -3.74. The van der Waals surface area contributed by atoms with E-state index < -0.39 is 28.8 Å². The second-order valence-electron chi connectivity index (χ2n) is 5.85. The van der Waals surface area contributed by atoms with Gasteiger partial charge in [-0.1, -0.05) is 24.3 Å². The van der Waals surface area contributed by atoms with E-state index >= 15 is 0 Å². The molecule has 0 aliphatic heterocycles. The Bertz CT molecular complexity index is 1150. The number of rotatable bonds is 5. The summed E-state index contributed by atoms with van der Waals surface area (Å²) in [5.74, 6) is -4.25. The highest BCUT2D eigenvalue weighted by Gasteiger charge is 2.16. The molecule has 3 rings (SSSR count). The number of aliphatic hydroxyl groups excluding tert-OH is 1. The third-order valence-corrected chi connectivity index (χ3v) is 3.98. The molecule has 0 aliphatic carbocycles. The van der Waals surface area contributed by atoms with Crippen LogP contribution in [0.1, 0.15) is 11.1 Å². The van der Waals surface area contributed by atoms with Gasteiger partial charge in [-0.05, 0) is 29.8 Å². The van der Waals surface area contributed by atoms with E-state index in [0.29, 0.717) is 17.2 Å². The molecule has 0 atom stereocenters. The molecular formula is C20H14FNO5. The van der Waals surface area contributed by atoms with Crippen molar-refractivity contribution in [2.75, 3.05) is 0 Å². The molecule has 0 unspecified atom stereocenters. The second kappa shape index (κ2) is 7.25. The van der Waals surface area contributed by atoms with Crippen molar-refractivity contribution < 1.29 is 24.2 Å². The first kappa shape index (κ1) is 18.1. The zero-order valence-corrected chi connectivity index (χ0v) is 13.9. The summed E-state index contributed by atoms with van der Waals surface area (Å²) in [4.78, 5) is 34.7. The van der Waals surface area contributed by atoms with Gasteiger partial charge in [-0.15, -0.1) is 0 Å². The first-order valence-corrected chi connectivity index (χ1v) is 7.91. The van der Waals surface area contributed by atoms with Gasteiger partial charge in [0.25, 0.3) is 5.78 Å². The summed E-state index contributed by atoms with van der Waals surface area (Å²) in [6, 6.07) is 12.5. The number of hydrogen-bond donors (Lipinski definition) is 2. The number of hydrogen-bond acceptors (Lipinski definition) is 4. The van der Waals surface area contributed by atoms with Crippen LogP contribution in [0.25, 0.3) is 16.7 Å². The molecule has 0 bridgehead atoms. The van der Waals surface area contributed by atoms with Crippen LogP contribution in [0.4, 0.5) is 4.39 Å². The number of fused-ring (bicyclic) bond motifs is 1. The van der Waals surface area contributed by atoms with Gasteiger partial charge in [0.2, 0.25) is 0 Å². The Morgan fingerprint density at radius 2 is 1.81 bits per heavy atom. The lowest BCUT2D eigenvalue weighted by molar-refractivity contribution is -0.146. The zero-order chi connectivity index (χ0) is 19.6. The van der Waals surface area contributed by atoms with E-state index in [1.807, 2.05) is 0 Å². The van der Waals surface area contributed by atoms with E-state index in [1.54, 1.807) is 41.0 Å². The van der Waals surface area contributed by atoms with Crippen molar-refractivity contribution in [3.05, 3.63) is 88.0 Å². The minimum atomic E-state index is -1.75. The van der Waals surface area contributed by atoms with Crippen LogP contribution in [0, 0.1) is 5.82 Å². The average Bonchev–Trinajstić information content (AvgIpc) is 2.64. The largest absolute Gasteiger partial charge is 0.507 e. The standard InChI is InChI=1S/C20H14FNO5/c21-13-5-3-4-12(8-13)10-22-11-15(17(23)9-18(24)20(26)27)19(25)14-6-1-2-7-16(14)22/h1-9,11,23H,10H2,(H,26,27)/b17-9-. The van der Waals surface area contributed by atoms with Crippen LogP contribution in [0.3, 0.4) is 0 Å². The molecule has 1 heterocycles. The van der Waals surface area contributed by atoms with Crippen LogP contribution in [-0.2, 0) is 16.1 Å². The summed E-state index contributed by atoms with van der Waals surface area (Å²) in [5.41, 5.74) is 0.403. The topological polar surface area (TPSA) is 96.6 Å². The average molecular weight is 367 g/mol. The maximum Gasteiger partial charge on any atom is 0.376 e. The zero-order valence-electron chi connectivity index (χ0n) is 13.9. The minimum Gasteiger partial charge on any atom is -0.507 e. The molecule has 0 radical (unpaired) electrons. The Morgan fingerprint density at radius 3 is 2.52 bits per heavy atom. The number of carbonyl (C=O) groups excluding carboxylic acids is 1. The molecular weight excluding hydrogens is 353 g/mol. The number of para-hydroxylation sites is 1. The lowest BCUT2D eigenvalue weighted by Crippen LogP contribution is -2.16. The molecule has 6 nitrogen and oxygen atoms in total. The van der Waals surface area contributed by atoms with Crippen LogP contribution >= 0.6 is 0 Å². The van der Waals surface area contributed by atoms with Gasteiger partial charge >= 0.3 is 5.97 Å². The van der Waals surface area contributed by atoms with Gasteiger partial charge in [0.15, 0.2) is 5.43 Å². The Morgan fingerprint density at radius 1 is 1.07 bits per heavy atom. The number of carbonyl (C=O) groups is 2. The lowest BCUT2D eigenvalue weighted by Gasteiger charge is -2.13. The lowest BCUT2D eigenvalue weighted by atomic mass is 10.1. The van der Waals surface area contributed by atoms with Crippen LogP contribution in [0.2, 0.25) is 0 Å². The predicted octanol–water partition coefficient (Wildman–Crippen LogP) is 2.74. The quantitative estimate of drug-likeness (QED) is 0.411. The minimum absolute atomic E-state index is 0.200. The number of benzene rings is 2. The van der Waals surface area contributed by atoms with Gasteiger partial charge in [-0.25, -0.2) is 9.18 Å². The van der Waals surface area contributed by atoms with Gasteiger partial charge in [0, 0.05) is 24.2 Å². The highest BCUT2D eigenvalue weighted by molar-refractivity contribution is 6.38. The number of aliphatic hydroxyl groups is 1. The number of nitrogens with zero attached hydrogens (tertiary/aromatic N) is 1. The highest BCUT2D eigenvalue weighted by Crippen LogP contribution is 2.17. The van der Waals surface area contributed by atoms with E-state index in [2.05, 4.69) is 0 Å². The fraction of sp³-hybridized carbons (Fsp3) is 0.0500. The second-order valence-corrected chi connectivity index (χ2v) is 5.85. The summed E-state index contributed by atoms with van der Waals surface area (Å²) < 4.78 is 15.1. The van der Waals surface area contributed by atoms with Crippen LogP contribution in [-0.4, -0.2) is 26.5 Å². The number of aromatic nitrogens is 1. The van der Waals surface area contributed by atoms with E-state index in [1.165, 1.54) is 18.3 Å². The third-order valence-electron chi connectivity index (χ3n) is 3.98. The highest BCUT2D eigenvalue weighted by atomic mass is 19.1. The maximum absolute atomic E-state index is 13.5. The smallest absolute Gasteiger partial charge is 0.376 e. The molecule has 2 N–H and O–H groups in total. The molecule has 0 spiro atoms. The Balaban J connectivity index is 2.19. The normalized spacial score (nSPS) is 11.5. The predicted molar refractivity (Wildman–Crippen MR) is 97.0 cm³/mol. The van der Waals surface area contributed by atoms with Gasteiger partial charge in [-0.3, -0.25) is 9.59 Å².